The van der Waals surface area contributed by atoms with E-state index in [4.69, 9.17) is 10.00 Å². The van der Waals surface area contributed by atoms with Crippen molar-refractivity contribution in [3.63, 3.8) is 0 Å². The SMILES string of the molecule is COC1(CNc2ccc(C(F)(F)F)cc2C#N)CCC1. The Kier molecular flexibility index (Phi) is 3.91. The lowest BCUT2D eigenvalue weighted by atomic mass is 9.80. The van der Waals surface area contributed by atoms with E-state index in [2.05, 4.69) is 5.32 Å². The van der Waals surface area contributed by atoms with Gasteiger partial charge in [-0.05, 0) is 37.5 Å². The van der Waals surface area contributed by atoms with Crippen molar-refractivity contribution >= 4 is 5.69 Å². The smallest absolute Gasteiger partial charge is 0.381 e. The summed E-state index contributed by atoms with van der Waals surface area (Å²) in [5.74, 6) is 0. The van der Waals surface area contributed by atoms with Gasteiger partial charge in [0, 0.05) is 13.7 Å². The number of nitriles is 1. The zero-order chi connectivity index (χ0) is 14.8. The van der Waals surface area contributed by atoms with E-state index < -0.39 is 11.7 Å². The number of anilines is 1. The molecule has 0 bridgehead atoms. The van der Waals surface area contributed by atoms with Crippen molar-refractivity contribution in [3.05, 3.63) is 29.3 Å². The molecule has 1 fully saturated rings. The van der Waals surface area contributed by atoms with Gasteiger partial charge in [0.1, 0.15) is 6.07 Å². The molecule has 0 aliphatic heterocycles. The molecule has 1 N–H and O–H groups in total. The highest BCUT2D eigenvalue weighted by Gasteiger charge is 2.37. The lowest BCUT2D eigenvalue weighted by Crippen LogP contribution is -2.45. The van der Waals surface area contributed by atoms with E-state index in [0.717, 1.165) is 31.4 Å². The Bertz CT molecular complexity index is 525. The Morgan fingerprint density at radius 1 is 1.40 bits per heavy atom. The van der Waals surface area contributed by atoms with Crippen LogP contribution in [0.5, 0.6) is 0 Å². The maximum Gasteiger partial charge on any atom is 0.416 e. The van der Waals surface area contributed by atoms with E-state index in [-0.39, 0.29) is 11.2 Å². The molecular formula is C14H15F3N2O. The predicted molar refractivity (Wildman–Crippen MR) is 68.2 cm³/mol. The number of hydrogen-bond acceptors (Lipinski definition) is 3. The van der Waals surface area contributed by atoms with Crippen molar-refractivity contribution in [1.82, 2.24) is 0 Å². The van der Waals surface area contributed by atoms with Crippen LogP contribution in [0.2, 0.25) is 0 Å². The summed E-state index contributed by atoms with van der Waals surface area (Å²) in [6.07, 6.45) is -1.53. The summed E-state index contributed by atoms with van der Waals surface area (Å²) in [7, 11) is 1.62. The summed E-state index contributed by atoms with van der Waals surface area (Å²) in [5, 5.41) is 12.0. The standard InChI is InChI=1S/C14H15F3N2O/c1-20-13(5-2-6-13)9-19-12-4-3-11(14(15,16)17)7-10(12)8-18/h3-4,7,19H,2,5-6,9H2,1H3. The van der Waals surface area contributed by atoms with Crippen molar-refractivity contribution in [1.29, 1.82) is 5.26 Å². The number of hydrogen-bond donors (Lipinski definition) is 1. The van der Waals surface area contributed by atoms with Crippen LogP contribution in [0.4, 0.5) is 18.9 Å². The van der Waals surface area contributed by atoms with Crippen LogP contribution in [0.15, 0.2) is 18.2 Å². The molecule has 3 nitrogen and oxygen atoms in total. The second kappa shape index (κ2) is 5.33. The number of ether oxygens (including phenoxy) is 1. The molecule has 1 aliphatic rings. The average Bonchev–Trinajstić information content (AvgIpc) is 2.37. The average molecular weight is 284 g/mol. The van der Waals surface area contributed by atoms with Gasteiger partial charge in [-0.3, -0.25) is 0 Å². The van der Waals surface area contributed by atoms with Crippen LogP contribution in [-0.2, 0) is 10.9 Å². The van der Waals surface area contributed by atoms with Crippen molar-refractivity contribution in [2.75, 3.05) is 19.0 Å². The van der Waals surface area contributed by atoms with Crippen LogP contribution in [0.1, 0.15) is 30.4 Å². The molecule has 0 atom stereocenters. The summed E-state index contributed by atoms with van der Waals surface area (Å²) in [5.41, 5.74) is -0.672. The van der Waals surface area contributed by atoms with Gasteiger partial charge < -0.3 is 10.1 Å². The van der Waals surface area contributed by atoms with Crippen molar-refractivity contribution in [3.8, 4) is 6.07 Å². The first-order chi connectivity index (χ1) is 9.40. The minimum absolute atomic E-state index is 0.00889. The first-order valence-electron chi connectivity index (χ1n) is 6.31. The van der Waals surface area contributed by atoms with E-state index in [1.807, 2.05) is 0 Å². The zero-order valence-electron chi connectivity index (χ0n) is 11.0. The molecule has 0 aromatic heterocycles. The Hall–Kier alpha value is -1.74. The second-order valence-corrected chi connectivity index (χ2v) is 4.96. The van der Waals surface area contributed by atoms with E-state index in [0.29, 0.717) is 12.2 Å². The highest BCUT2D eigenvalue weighted by Crippen LogP contribution is 2.36. The van der Waals surface area contributed by atoms with Gasteiger partial charge in [-0.2, -0.15) is 18.4 Å². The van der Waals surface area contributed by atoms with Crippen LogP contribution in [-0.4, -0.2) is 19.3 Å². The molecule has 2 rings (SSSR count). The maximum absolute atomic E-state index is 12.6. The summed E-state index contributed by atoms with van der Waals surface area (Å²) >= 11 is 0. The van der Waals surface area contributed by atoms with Gasteiger partial charge >= 0.3 is 6.18 Å². The highest BCUT2D eigenvalue weighted by molar-refractivity contribution is 5.59. The molecule has 1 saturated carbocycles. The zero-order valence-corrected chi connectivity index (χ0v) is 11.0. The highest BCUT2D eigenvalue weighted by atomic mass is 19.4. The second-order valence-electron chi connectivity index (χ2n) is 4.96. The van der Waals surface area contributed by atoms with Crippen LogP contribution < -0.4 is 5.32 Å². The van der Waals surface area contributed by atoms with Crippen molar-refractivity contribution in [2.45, 2.75) is 31.0 Å². The molecule has 0 radical (unpaired) electrons. The molecule has 6 heteroatoms. The van der Waals surface area contributed by atoms with E-state index in [9.17, 15) is 13.2 Å². The minimum atomic E-state index is -4.44. The van der Waals surface area contributed by atoms with Gasteiger partial charge in [-0.1, -0.05) is 0 Å². The topological polar surface area (TPSA) is 45.0 Å². The first-order valence-corrected chi connectivity index (χ1v) is 6.31. The molecule has 0 amide bonds. The lowest BCUT2D eigenvalue weighted by Gasteiger charge is -2.40. The van der Waals surface area contributed by atoms with Gasteiger partial charge in [-0.25, -0.2) is 0 Å². The number of rotatable bonds is 4. The van der Waals surface area contributed by atoms with Crippen LogP contribution in [0.25, 0.3) is 0 Å². The lowest BCUT2D eigenvalue weighted by molar-refractivity contribution is -0.137. The molecule has 20 heavy (non-hydrogen) atoms. The van der Waals surface area contributed by atoms with Crippen LogP contribution >= 0.6 is 0 Å². The number of alkyl halides is 3. The predicted octanol–water partition coefficient (Wildman–Crippen LogP) is 3.56. The molecule has 1 aliphatic carbocycles. The largest absolute Gasteiger partial charge is 0.416 e. The van der Waals surface area contributed by atoms with Crippen molar-refractivity contribution in [2.24, 2.45) is 0 Å². The number of methoxy groups -OCH3 is 1. The van der Waals surface area contributed by atoms with E-state index in [1.165, 1.54) is 6.07 Å². The van der Waals surface area contributed by atoms with Crippen LogP contribution in [0, 0.1) is 11.3 Å². The fraction of sp³-hybridized carbons (Fsp3) is 0.500. The molecule has 1 aromatic carbocycles. The number of benzene rings is 1. The summed E-state index contributed by atoms with van der Waals surface area (Å²) < 4.78 is 43.2. The Labute approximate surface area is 115 Å². The molecule has 1 aromatic rings. The molecule has 0 spiro atoms. The Balaban J connectivity index is 2.14. The van der Waals surface area contributed by atoms with Crippen molar-refractivity contribution < 1.29 is 17.9 Å². The number of nitrogens with zero attached hydrogens (tertiary/aromatic N) is 1. The van der Waals surface area contributed by atoms with Gasteiger partial charge in [-0.15, -0.1) is 0 Å². The number of halogens is 3. The molecule has 0 saturated heterocycles. The molecule has 108 valence electrons. The Morgan fingerprint density at radius 3 is 2.55 bits per heavy atom. The summed E-state index contributed by atoms with van der Waals surface area (Å²) in [4.78, 5) is 0. The number of nitrogens with one attached hydrogen (secondary N) is 1. The van der Waals surface area contributed by atoms with Crippen LogP contribution in [0.3, 0.4) is 0 Å². The fourth-order valence-corrected chi connectivity index (χ4v) is 2.25. The van der Waals surface area contributed by atoms with Gasteiger partial charge in [0.2, 0.25) is 0 Å². The summed E-state index contributed by atoms with van der Waals surface area (Å²) in [6.45, 7) is 0.490. The molecule has 0 unspecified atom stereocenters. The van der Waals surface area contributed by atoms with E-state index >= 15 is 0 Å². The molecular weight excluding hydrogens is 269 g/mol. The minimum Gasteiger partial charge on any atom is -0.381 e. The molecule has 0 heterocycles. The monoisotopic (exact) mass is 284 g/mol. The van der Waals surface area contributed by atoms with E-state index in [1.54, 1.807) is 13.2 Å². The fourth-order valence-electron chi connectivity index (χ4n) is 2.25. The first kappa shape index (κ1) is 14.7. The van der Waals surface area contributed by atoms with Gasteiger partial charge in [0.05, 0.1) is 22.4 Å². The maximum atomic E-state index is 12.6. The third-order valence-electron chi connectivity index (χ3n) is 3.77. The summed E-state index contributed by atoms with van der Waals surface area (Å²) in [6, 6.07) is 4.93. The third-order valence-corrected chi connectivity index (χ3v) is 3.77. The normalized spacial score (nSPS) is 17.1. The van der Waals surface area contributed by atoms with Gasteiger partial charge in [0.25, 0.3) is 0 Å². The Morgan fingerprint density at radius 2 is 2.10 bits per heavy atom. The quantitative estimate of drug-likeness (QED) is 0.919. The third kappa shape index (κ3) is 2.88. The van der Waals surface area contributed by atoms with Gasteiger partial charge in [0.15, 0.2) is 0 Å².